The summed E-state index contributed by atoms with van der Waals surface area (Å²) in [5.74, 6) is 1.64. The zero-order valence-corrected chi connectivity index (χ0v) is 10.7. The quantitative estimate of drug-likeness (QED) is 0.797. The van der Waals surface area contributed by atoms with Crippen LogP contribution in [0.3, 0.4) is 0 Å². The van der Waals surface area contributed by atoms with Gasteiger partial charge in [-0.2, -0.15) is 0 Å². The lowest BCUT2D eigenvalue weighted by atomic mass is 10.3. The lowest BCUT2D eigenvalue weighted by molar-refractivity contribution is 0.410. The Morgan fingerprint density at radius 3 is 2.50 bits per heavy atom. The Morgan fingerprint density at radius 1 is 1.21 bits per heavy atom. The number of thiazole rings is 1. The van der Waals surface area contributed by atoms with Crippen LogP contribution in [0, 0.1) is 3.01 Å². The van der Waals surface area contributed by atoms with E-state index in [9.17, 15) is 0 Å². The molecule has 0 aliphatic carbocycles. The molecule has 0 saturated heterocycles. The molecule has 0 N–H and O–H groups in total. The molecular weight excluding hydrogens is 313 g/mol. The summed E-state index contributed by atoms with van der Waals surface area (Å²) < 4.78 is 12.5. The maximum absolute atomic E-state index is 5.25. The summed E-state index contributed by atoms with van der Waals surface area (Å²) in [7, 11) is 3.31. The smallest absolute Gasteiger partial charge is 0.155 e. The molecule has 1 heterocycles. The molecule has 14 heavy (non-hydrogen) atoms. The van der Waals surface area contributed by atoms with Crippen LogP contribution in [0.1, 0.15) is 0 Å². The minimum atomic E-state index is 0.792. The van der Waals surface area contributed by atoms with Crippen molar-refractivity contribution >= 4 is 44.1 Å². The van der Waals surface area contributed by atoms with E-state index in [1.165, 1.54) is 0 Å². The zero-order chi connectivity index (χ0) is 10.1. The lowest BCUT2D eigenvalue weighted by Crippen LogP contribution is -1.87. The first-order valence-electron chi connectivity index (χ1n) is 3.93. The summed E-state index contributed by atoms with van der Waals surface area (Å²) in [5.41, 5.74) is 0.876. The predicted molar refractivity (Wildman–Crippen MR) is 65.4 cm³/mol. The average molecular weight is 321 g/mol. The van der Waals surface area contributed by atoms with Gasteiger partial charge in [0.25, 0.3) is 0 Å². The third-order valence-electron chi connectivity index (χ3n) is 1.88. The fourth-order valence-corrected chi connectivity index (χ4v) is 2.96. The van der Waals surface area contributed by atoms with E-state index < -0.39 is 0 Å². The van der Waals surface area contributed by atoms with Crippen LogP contribution < -0.4 is 9.47 Å². The Bertz CT molecular complexity index is 428. The van der Waals surface area contributed by atoms with Crippen molar-refractivity contribution in [3.05, 3.63) is 15.1 Å². The van der Waals surface area contributed by atoms with Crippen LogP contribution in [0.2, 0.25) is 0 Å². The predicted octanol–water partition coefficient (Wildman–Crippen LogP) is 2.92. The number of benzene rings is 1. The summed E-state index contributed by atoms with van der Waals surface area (Å²) in [6.07, 6.45) is 0. The van der Waals surface area contributed by atoms with Gasteiger partial charge in [-0.25, -0.2) is 4.98 Å². The molecule has 0 spiro atoms. The molecule has 3 nitrogen and oxygen atoms in total. The normalized spacial score (nSPS) is 10.5. The number of rotatable bonds is 2. The van der Waals surface area contributed by atoms with Gasteiger partial charge < -0.3 is 9.47 Å². The Balaban J connectivity index is 2.77. The van der Waals surface area contributed by atoms with E-state index in [-0.39, 0.29) is 0 Å². The van der Waals surface area contributed by atoms with Crippen molar-refractivity contribution in [1.29, 1.82) is 0 Å². The second-order valence-electron chi connectivity index (χ2n) is 2.61. The van der Waals surface area contributed by atoms with Crippen LogP contribution in [-0.2, 0) is 0 Å². The van der Waals surface area contributed by atoms with E-state index in [4.69, 9.17) is 9.47 Å². The minimum absolute atomic E-state index is 0.792. The molecule has 2 aromatic rings. The molecule has 0 fully saturated rings. The maximum atomic E-state index is 5.25. The fourth-order valence-electron chi connectivity index (χ4n) is 1.26. The number of hydrogen-bond donors (Lipinski definition) is 0. The molecule has 0 unspecified atom stereocenters. The van der Waals surface area contributed by atoms with Crippen LogP contribution in [0.15, 0.2) is 12.1 Å². The molecule has 5 heteroatoms. The number of nitrogens with zero attached hydrogens (tertiary/aromatic N) is 1. The molecular formula is C9H8INO2S. The first kappa shape index (κ1) is 9.97. The van der Waals surface area contributed by atoms with Crippen molar-refractivity contribution in [2.75, 3.05) is 14.2 Å². The molecule has 0 atom stereocenters. The van der Waals surface area contributed by atoms with Crippen molar-refractivity contribution < 1.29 is 9.47 Å². The number of halogens is 1. The number of hydrogen-bond acceptors (Lipinski definition) is 4. The summed E-state index contributed by atoms with van der Waals surface area (Å²) in [4.78, 5) is 4.39. The molecule has 0 aliphatic rings. The van der Waals surface area contributed by atoms with Crippen LogP contribution in [0.25, 0.3) is 10.2 Å². The Labute approximate surface area is 99.2 Å². The van der Waals surface area contributed by atoms with E-state index in [1.54, 1.807) is 25.6 Å². The van der Waals surface area contributed by atoms with Gasteiger partial charge >= 0.3 is 0 Å². The van der Waals surface area contributed by atoms with E-state index in [0.29, 0.717) is 0 Å². The van der Waals surface area contributed by atoms with E-state index >= 15 is 0 Å². The van der Waals surface area contributed by atoms with Gasteiger partial charge in [-0.3, -0.25) is 0 Å². The van der Waals surface area contributed by atoms with E-state index in [2.05, 4.69) is 27.6 Å². The highest BCUT2D eigenvalue weighted by Crippen LogP contribution is 2.37. The second kappa shape index (κ2) is 3.90. The molecule has 0 saturated carbocycles. The molecule has 0 radical (unpaired) electrons. The number of fused-ring (bicyclic) bond motifs is 1. The summed E-state index contributed by atoms with van der Waals surface area (Å²) in [6.45, 7) is 0. The maximum Gasteiger partial charge on any atom is 0.155 e. The van der Waals surface area contributed by atoms with Crippen molar-refractivity contribution in [2.24, 2.45) is 0 Å². The third-order valence-corrected chi connectivity index (χ3v) is 3.64. The van der Waals surface area contributed by atoms with Crippen LogP contribution in [-0.4, -0.2) is 19.2 Å². The SMILES string of the molecule is COc1ccc(OC)c2sc(I)nc12. The monoisotopic (exact) mass is 321 g/mol. The highest BCUT2D eigenvalue weighted by atomic mass is 127. The molecule has 1 aromatic heterocycles. The van der Waals surface area contributed by atoms with Crippen molar-refractivity contribution in [1.82, 2.24) is 4.98 Å². The van der Waals surface area contributed by atoms with Gasteiger partial charge in [-0.15, -0.1) is 11.3 Å². The van der Waals surface area contributed by atoms with Gasteiger partial charge in [0.05, 0.1) is 14.2 Å². The molecule has 0 amide bonds. The van der Waals surface area contributed by atoms with E-state index in [0.717, 1.165) is 24.7 Å². The minimum Gasteiger partial charge on any atom is -0.495 e. The largest absolute Gasteiger partial charge is 0.495 e. The van der Waals surface area contributed by atoms with Crippen LogP contribution in [0.4, 0.5) is 0 Å². The number of ether oxygens (including phenoxy) is 2. The van der Waals surface area contributed by atoms with Gasteiger partial charge in [0.2, 0.25) is 0 Å². The topological polar surface area (TPSA) is 31.4 Å². The molecule has 2 rings (SSSR count). The standard InChI is InChI=1S/C9H8INO2S/c1-12-5-3-4-6(13-2)8-7(5)11-9(10)14-8/h3-4H,1-2H3. The van der Waals surface area contributed by atoms with Crippen molar-refractivity contribution in [3.63, 3.8) is 0 Å². The van der Waals surface area contributed by atoms with Gasteiger partial charge in [0.15, 0.2) is 3.01 Å². The molecule has 0 aliphatic heterocycles. The van der Waals surface area contributed by atoms with Gasteiger partial charge in [-0.05, 0) is 34.7 Å². The first-order valence-corrected chi connectivity index (χ1v) is 5.83. The Kier molecular flexibility index (Phi) is 2.78. The first-order chi connectivity index (χ1) is 6.76. The lowest BCUT2D eigenvalue weighted by Gasteiger charge is -2.03. The summed E-state index contributed by atoms with van der Waals surface area (Å²) in [6, 6.07) is 3.77. The molecule has 1 aromatic carbocycles. The Hall–Kier alpha value is -0.560. The fraction of sp³-hybridized carbons (Fsp3) is 0.222. The summed E-state index contributed by atoms with van der Waals surface area (Å²) in [5, 5.41) is 0. The van der Waals surface area contributed by atoms with Crippen molar-refractivity contribution in [2.45, 2.75) is 0 Å². The zero-order valence-electron chi connectivity index (χ0n) is 7.70. The molecule has 0 bridgehead atoms. The van der Waals surface area contributed by atoms with Gasteiger partial charge in [0, 0.05) is 0 Å². The highest BCUT2D eigenvalue weighted by Gasteiger charge is 2.11. The highest BCUT2D eigenvalue weighted by molar-refractivity contribution is 14.1. The average Bonchev–Trinajstić information content (AvgIpc) is 2.57. The van der Waals surface area contributed by atoms with Crippen LogP contribution >= 0.6 is 33.9 Å². The Morgan fingerprint density at radius 2 is 1.86 bits per heavy atom. The molecule has 74 valence electrons. The van der Waals surface area contributed by atoms with Gasteiger partial charge in [0.1, 0.15) is 21.7 Å². The number of aromatic nitrogens is 1. The second-order valence-corrected chi connectivity index (χ2v) is 5.37. The van der Waals surface area contributed by atoms with Crippen LogP contribution in [0.5, 0.6) is 11.5 Å². The van der Waals surface area contributed by atoms with E-state index in [1.807, 2.05) is 12.1 Å². The number of methoxy groups -OCH3 is 2. The third kappa shape index (κ3) is 1.54. The van der Waals surface area contributed by atoms with Crippen molar-refractivity contribution in [3.8, 4) is 11.5 Å². The van der Waals surface area contributed by atoms with Gasteiger partial charge in [-0.1, -0.05) is 0 Å². The summed E-state index contributed by atoms with van der Waals surface area (Å²) >= 11 is 3.80.